The third kappa shape index (κ3) is 3.97. The molecule has 0 aliphatic rings. The van der Waals surface area contributed by atoms with Crippen LogP contribution in [0.5, 0.6) is 0 Å². The molecule has 0 aliphatic carbocycles. The van der Waals surface area contributed by atoms with Crippen LogP contribution in [0.15, 0.2) is 12.1 Å². The van der Waals surface area contributed by atoms with Gasteiger partial charge in [0, 0.05) is 12.2 Å². The molecule has 0 aliphatic heterocycles. The van der Waals surface area contributed by atoms with Crippen LogP contribution in [-0.4, -0.2) is 43.8 Å². The first kappa shape index (κ1) is 14.4. The molecule has 0 aromatic carbocycles. The van der Waals surface area contributed by atoms with Crippen molar-refractivity contribution in [3.8, 4) is 0 Å². The van der Waals surface area contributed by atoms with Gasteiger partial charge in [0.15, 0.2) is 0 Å². The number of nitrogens with zero attached hydrogens (tertiary/aromatic N) is 1. The fourth-order valence-corrected chi connectivity index (χ4v) is 1.84. The Morgan fingerprint density at radius 3 is 2.67 bits per heavy atom. The number of aryl methyl sites for hydroxylation is 1. The maximum atomic E-state index is 11.2. The quantitative estimate of drug-likeness (QED) is 0.676. The molecule has 0 fully saturated rings. The van der Waals surface area contributed by atoms with Crippen molar-refractivity contribution in [3.05, 3.63) is 23.4 Å². The van der Waals surface area contributed by atoms with Crippen molar-refractivity contribution in [2.75, 3.05) is 24.7 Å². The molecular formula is C10H15N3O4S. The normalized spacial score (nSPS) is 11.2. The van der Waals surface area contributed by atoms with Crippen LogP contribution < -0.4 is 10.0 Å². The van der Waals surface area contributed by atoms with E-state index < -0.39 is 16.0 Å². The highest BCUT2D eigenvalue weighted by Gasteiger charge is 2.12. The summed E-state index contributed by atoms with van der Waals surface area (Å²) in [6.45, 7) is 1.81. The monoisotopic (exact) mass is 273 g/mol. The summed E-state index contributed by atoms with van der Waals surface area (Å²) in [5.41, 5.74) is 0.668. The SMILES string of the molecule is CNS(=O)(=O)CCNc1nc(C)ccc1C(=O)O. The largest absolute Gasteiger partial charge is 0.478 e. The van der Waals surface area contributed by atoms with Crippen LogP contribution in [0.4, 0.5) is 5.82 Å². The Morgan fingerprint density at radius 2 is 2.11 bits per heavy atom. The van der Waals surface area contributed by atoms with Gasteiger partial charge in [0.1, 0.15) is 11.4 Å². The molecule has 3 N–H and O–H groups in total. The van der Waals surface area contributed by atoms with E-state index in [0.29, 0.717) is 5.69 Å². The minimum atomic E-state index is -3.32. The Bertz CT molecular complexity index is 542. The van der Waals surface area contributed by atoms with Gasteiger partial charge in [-0.2, -0.15) is 0 Å². The minimum Gasteiger partial charge on any atom is -0.478 e. The molecule has 18 heavy (non-hydrogen) atoms. The van der Waals surface area contributed by atoms with Gasteiger partial charge >= 0.3 is 5.97 Å². The predicted molar refractivity (Wildman–Crippen MR) is 67.3 cm³/mol. The number of hydrogen-bond donors (Lipinski definition) is 3. The molecule has 0 unspecified atom stereocenters. The van der Waals surface area contributed by atoms with Crippen molar-refractivity contribution >= 4 is 21.8 Å². The molecular weight excluding hydrogens is 258 g/mol. The average Bonchev–Trinajstić information content (AvgIpc) is 2.28. The van der Waals surface area contributed by atoms with Gasteiger partial charge in [-0.15, -0.1) is 0 Å². The van der Waals surface area contributed by atoms with Crippen LogP contribution in [-0.2, 0) is 10.0 Å². The van der Waals surface area contributed by atoms with Crippen LogP contribution in [0.25, 0.3) is 0 Å². The molecule has 0 atom stereocenters. The number of aromatic nitrogens is 1. The fraction of sp³-hybridized carbons (Fsp3) is 0.400. The Morgan fingerprint density at radius 1 is 1.44 bits per heavy atom. The lowest BCUT2D eigenvalue weighted by atomic mass is 10.2. The second kappa shape index (κ2) is 5.78. The first-order valence-corrected chi connectivity index (χ1v) is 6.87. The van der Waals surface area contributed by atoms with Crippen molar-refractivity contribution in [2.24, 2.45) is 0 Å². The van der Waals surface area contributed by atoms with E-state index in [1.165, 1.54) is 13.1 Å². The first-order chi connectivity index (χ1) is 8.35. The highest BCUT2D eigenvalue weighted by molar-refractivity contribution is 7.89. The number of sulfonamides is 1. The molecule has 0 spiro atoms. The fourth-order valence-electron chi connectivity index (χ4n) is 1.27. The number of carboxylic acids is 1. The van der Waals surface area contributed by atoms with Gasteiger partial charge in [-0.05, 0) is 26.1 Å². The summed E-state index contributed by atoms with van der Waals surface area (Å²) in [6.07, 6.45) is 0. The molecule has 0 saturated heterocycles. The van der Waals surface area contributed by atoms with E-state index in [0.717, 1.165) is 0 Å². The number of anilines is 1. The van der Waals surface area contributed by atoms with Crippen molar-refractivity contribution in [1.29, 1.82) is 0 Å². The summed E-state index contributed by atoms with van der Waals surface area (Å²) in [7, 11) is -2.00. The van der Waals surface area contributed by atoms with Crippen molar-refractivity contribution in [1.82, 2.24) is 9.71 Å². The van der Waals surface area contributed by atoms with Crippen LogP contribution in [0.3, 0.4) is 0 Å². The van der Waals surface area contributed by atoms with Gasteiger partial charge in [-0.25, -0.2) is 22.9 Å². The van der Waals surface area contributed by atoms with Crippen LogP contribution in [0, 0.1) is 6.92 Å². The topological polar surface area (TPSA) is 108 Å². The molecule has 0 bridgehead atoms. The average molecular weight is 273 g/mol. The summed E-state index contributed by atoms with van der Waals surface area (Å²) in [6, 6.07) is 3.01. The number of aromatic carboxylic acids is 1. The lowest BCUT2D eigenvalue weighted by molar-refractivity contribution is 0.0697. The number of rotatable bonds is 6. The zero-order valence-corrected chi connectivity index (χ0v) is 10.9. The lowest BCUT2D eigenvalue weighted by Gasteiger charge is -2.09. The number of nitrogens with one attached hydrogen (secondary N) is 2. The van der Waals surface area contributed by atoms with Crippen molar-refractivity contribution < 1.29 is 18.3 Å². The summed E-state index contributed by atoms with van der Waals surface area (Å²) in [5.74, 6) is -1.09. The smallest absolute Gasteiger partial charge is 0.339 e. The van der Waals surface area contributed by atoms with Gasteiger partial charge < -0.3 is 10.4 Å². The summed E-state index contributed by atoms with van der Waals surface area (Å²) in [5, 5.41) is 11.7. The number of hydrogen-bond acceptors (Lipinski definition) is 5. The third-order valence-corrected chi connectivity index (χ3v) is 3.60. The van der Waals surface area contributed by atoms with Gasteiger partial charge in [-0.3, -0.25) is 0 Å². The van der Waals surface area contributed by atoms with E-state index in [1.807, 2.05) is 0 Å². The van der Waals surface area contributed by atoms with Crippen molar-refractivity contribution in [3.63, 3.8) is 0 Å². The van der Waals surface area contributed by atoms with Gasteiger partial charge in [0.2, 0.25) is 10.0 Å². The van der Waals surface area contributed by atoms with Crippen LogP contribution in [0.2, 0.25) is 0 Å². The molecule has 0 amide bonds. The van der Waals surface area contributed by atoms with E-state index in [-0.39, 0.29) is 23.7 Å². The molecule has 7 nitrogen and oxygen atoms in total. The van der Waals surface area contributed by atoms with E-state index in [1.54, 1.807) is 13.0 Å². The number of carbonyl (C=O) groups is 1. The predicted octanol–water partition coefficient (Wildman–Crippen LogP) is 0.0493. The maximum absolute atomic E-state index is 11.2. The molecule has 8 heteroatoms. The third-order valence-electron chi connectivity index (χ3n) is 2.24. The van der Waals surface area contributed by atoms with Crippen molar-refractivity contribution in [2.45, 2.75) is 6.92 Å². The zero-order valence-electron chi connectivity index (χ0n) is 10.1. The molecule has 0 saturated carbocycles. The molecule has 1 aromatic rings. The summed E-state index contributed by atoms with van der Waals surface area (Å²) in [4.78, 5) is 15.0. The Labute approximate surface area is 105 Å². The highest BCUT2D eigenvalue weighted by atomic mass is 32.2. The Kier molecular flexibility index (Phi) is 4.62. The standard InChI is InChI=1S/C10H15N3O4S/c1-7-3-4-8(10(14)15)9(13-7)12-5-6-18(16,17)11-2/h3-4,11H,5-6H2,1-2H3,(H,12,13)(H,14,15). The summed E-state index contributed by atoms with van der Waals surface area (Å²) < 4.78 is 24.5. The molecule has 1 heterocycles. The van der Waals surface area contributed by atoms with E-state index in [4.69, 9.17) is 5.11 Å². The Hall–Kier alpha value is -1.67. The van der Waals surface area contributed by atoms with E-state index in [2.05, 4.69) is 15.0 Å². The zero-order chi connectivity index (χ0) is 13.8. The highest BCUT2D eigenvalue weighted by Crippen LogP contribution is 2.13. The van der Waals surface area contributed by atoms with Gasteiger partial charge in [0.05, 0.1) is 5.75 Å². The van der Waals surface area contributed by atoms with Crippen LogP contribution >= 0.6 is 0 Å². The van der Waals surface area contributed by atoms with Crippen LogP contribution in [0.1, 0.15) is 16.1 Å². The maximum Gasteiger partial charge on any atom is 0.339 e. The molecule has 1 aromatic heterocycles. The first-order valence-electron chi connectivity index (χ1n) is 5.22. The van der Waals surface area contributed by atoms with Gasteiger partial charge in [-0.1, -0.05) is 0 Å². The second-order valence-corrected chi connectivity index (χ2v) is 5.65. The lowest BCUT2D eigenvalue weighted by Crippen LogP contribution is -2.26. The number of pyridine rings is 1. The van der Waals surface area contributed by atoms with E-state index in [9.17, 15) is 13.2 Å². The molecule has 100 valence electrons. The minimum absolute atomic E-state index is 0.0162. The Balaban J connectivity index is 2.78. The molecule has 1 rings (SSSR count). The molecule has 0 radical (unpaired) electrons. The van der Waals surface area contributed by atoms with E-state index >= 15 is 0 Å². The second-order valence-electron chi connectivity index (χ2n) is 3.60. The van der Waals surface area contributed by atoms with Gasteiger partial charge in [0.25, 0.3) is 0 Å². The summed E-state index contributed by atoms with van der Waals surface area (Å²) >= 11 is 0. The number of carboxylic acid groups (broad SMARTS) is 1.